The minimum atomic E-state index is 0.0273. The van der Waals surface area contributed by atoms with Gasteiger partial charge in [-0.3, -0.25) is 4.79 Å². The lowest BCUT2D eigenvalue weighted by molar-refractivity contribution is 0.104. The third-order valence-electron chi connectivity index (χ3n) is 3.18. The molecule has 0 aromatic heterocycles. The maximum absolute atomic E-state index is 12.0. The van der Waals surface area contributed by atoms with Gasteiger partial charge >= 0.3 is 0 Å². The lowest BCUT2D eigenvalue weighted by Crippen LogP contribution is -2.24. The molecule has 0 bridgehead atoms. The molecule has 96 valence electrons. The van der Waals surface area contributed by atoms with Crippen LogP contribution in [0.5, 0.6) is 5.75 Å². The Kier molecular flexibility index (Phi) is 4.40. The number of methoxy groups -OCH3 is 1. The maximum Gasteiger partial charge on any atom is 0.187 e. The van der Waals surface area contributed by atoms with E-state index < -0.39 is 0 Å². The first-order chi connectivity index (χ1) is 8.79. The van der Waals surface area contributed by atoms with Gasteiger partial charge in [0.15, 0.2) is 5.78 Å². The molecule has 0 aliphatic carbocycles. The third kappa shape index (κ3) is 3.36. The van der Waals surface area contributed by atoms with Crippen molar-refractivity contribution in [3.8, 4) is 5.75 Å². The van der Waals surface area contributed by atoms with Gasteiger partial charge in [-0.05, 0) is 31.4 Å². The number of benzene rings is 1. The number of ketones is 1. The van der Waals surface area contributed by atoms with Crippen LogP contribution in [0.2, 0.25) is 0 Å². The number of hydrogen-bond acceptors (Lipinski definition) is 3. The molecule has 2 rings (SSSR count). The van der Waals surface area contributed by atoms with E-state index in [0.29, 0.717) is 11.3 Å². The number of allylic oxidation sites excluding steroid dienone is 1. The van der Waals surface area contributed by atoms with E-state index >= 15 is 0 Å². The minimum Gasteiger partial charge on any atom is -0.497 e. The zero-order chi connectivity index (χ0) is 12.8. The highest BCUT2D eigenvalue weighted by molar-refractivity contribution is 6.04. The van der Waals surface area contributed by atoms with E-state index in [1.807, 2.05) is 24.4 Å². The van der Waals surface area contributed by atoms with Crippen molar-refractivity contribution >= 4 is 5.78 Å². The highest BCUT2D eigenvalue weighted by atomic mass is 16.5. The van der Waals surface area contributed by atoms with Crippen molar-refractivity contribution in [3.63, 3.8) is 0 Å². The van der Waals surface area contributed by atoms with Crippen molar-refractivity contribution < 1.29 is 9.53 Å². The molecule has 3 heteroatoms. The number of piperidine rings is 1. The quantitative estimate of drug-likeness (QED) is 0.603. The summed E-state index contributed by atoms with van der Waals surface area (Å²) < 4.78 is 5.11. The Balaban J connectivity index is 1.99. The normalized spacial score (nSPS) is 15.9. The average molecular weight is 245 g/mol. The lowest BCUT2D eigenvalue weighted by Gasteiger charge is -2.24. The van der Waals surface area contributed by atoms with Gasteiger partial charge in [-0.15, -0.1) is 0 Å². The second-order valence-corrected chi connectivity index (χ2v) is 4.51. The standard InChI is InChI=1S/C15H19NO2/c1-18-14-7-5-6-13(12-14)15(17)8-11-16-9-3-2-4-10-16/h5-8,11-12H,2-4,9-10H2,1H3/b11-8+. The minimum absolute atomic E-state index is 0.0273. The van der Waals surface area contributed by atoms with Crippen molar-refractivity contribution in [1.29, 1.82) is 0 Å². The fourth-order valence-electron chi connectivity index (χ4n) is 2.11. The monoisotopic (exact) mass is 245 g/mol. The van der Waals surface area contributed by atoms with Crippen molar-refractivity contribution in [2.75, 3.05) is 20.2 Å². The van der Waals surface area contributed by atoms with Crippen LogP contribution < -0.4 is 4.74 Å². The fraction of sp³-hybridized carbons (Fsp3) is 0.400. The summed E-state index contributed by atoms with van der Waals surface area (Å²) in [6.07, 6.45) is 7.31. The SMILES string of the molecule is COc1cccc(C(=O)/C=C/N2CCCCC2)c1. The summed E-state index contributed by atoms with van der Waals surface area (Å²) in [5.41, 5.74) is 0.669. The van der Waals surface area contributed by atoms with Crippen LogP contribution in [-0.2, 0) is 0 Å². The fourth-order valence-corrected chi connectivity index (χ4v) is 2.11. The van der Waals surface area contributed by atoms with E-state index in [1.54, 1.807) is 19.3 Å². The highest BCUT2D eigenvalue weighted by Gasteiger charge is 2.07. The molecule has 0 amide bonds. The van der Waals surface area contributed by atoms with Crippen LogP contribution in [0.3, 0.4) is 0 Å². The number of carbonyl (C=O) groups excluding carboxylic acids is 1. The molecule has 1 heterocycles. The smallest absolute Gasteiger partial charge is 0.187 e. The molecule has 1 aromatic carbocycles. The molecule has 3 nitrogen and oxygen atoms in total. The van der Waals surface area contributed by atoms with Crippen LogP contribution in [0, 0.1) is 0 Å². The highest BCUT2D eigenvalue weighted by Crippen LogP contribution is 2.14. The van der Waals surface area contributed by atoms with E-state index in [1.165, 1.54) is 19.3 Å². The van der Waals surface area contributed by atoms with Crippen molar-refractivity contribution in [3.05, 3.63) is 42.1 Å². The molecule has 0 saturated carbocycles. The molecule has 1 aromatic rings. The van der Waals surface area contributed by atoms with E-state index in [2.05, 4.69) is 4.90 Å². The zero-order valence-electron chi connectivity index (χ0n) is 10.8. The Morgan fingerprint density at radius 2 is 2.06 bits per heavy atom. The molecule has 0 radical (unpaired) electrons. The van der Waals surface area contributed by atoms with Gasteiger partial charge in [0.2, 0.25) is 0 Å². The van der Waals surface area contributed by atoms with E-state index in [-0.39, 0.29) is 5.78 Å². The number of likely N-dealkylation sites (tertiary alicyclic amines) is 1. The summed E-state index contributed by atoms with van der Waals surface area (Å²) in [4.78, 5) is 14.2. The number of carbonyl (C=O) groups is 1. The van der Waals surface area contributed by atoms with Crippen molar-refractivity contribution in [2.45, 2.75) is 19.3 Å². The van der Waals surface area contributed by atoms with Gasteiger partial charge in [0.05, 0.1) is 7.11 Å². The molecule has 0 N–H and O–H groups in total. The molecule has 0 atom stereocenters. The Morgan fingerprint density at radius 1 is 1.28 bits per heavy atom. The van der Waals surface area contributed by atoms with Gasteiger partial charge in [-0.1, -0.05) is 12.1 Å². The molecule has 1 saturated heterocycles. The first-order valence-electron chi connectivity index (χ1n) is 6.40. The second-order valence-electron chi connectivity index (χ2n) is 4.51. The van der Waals surface area contributed by atoms with Crippen LogP contribution in [0.4, 0.5) is 0 Å². The molecule has 0 spiro atoms. The average Bonchev–Trinajstić information content (AvgIpc) is 2.46. The van der Waals surface area contributed by atoms with Crippen LogP contribution in [-0.4, -0.2) is 30.9 Å². The zero-order valence-corrected chi connectivity index (χ0v) is 10.8. The molecule has 0 unspecified atom stereocenters. The van der Waals surface area contributed by atoms with Gasteiger partial charge in [-0.2, -0.15) is 0 Å². The predicted octanol–water partition coefficient (Wildman–Crippen LogP) is 2.88. The number of hydrogen-bond donors (Lipinski definition) is 0. The molecule has 1 aliphatic heterocycles. The van der Waals surface area contributed by atoms with Gasteiger partial charge in [0.25, 0.3) is 0 Å². The van der Waals surface area contributed by atoms with E-state index in [0.717, 1.165) is 13.1 Å². The molecular formula is C15H19NO2. The van der Waals surface area contributed by atoms with Gasteiger partial charge in [0.1, 0.15) is 5.75 Å². The second kappa shape index (κ2) is 6.24. The first-order valence-corrected chi connectivity index (χ1v) is 6.40. The number of rotatable bonds is 4. The van der Waals surface area contributed by atoms with Gasteiger partial charge in [-0.25, -0.2) is 0 Å². The number of nitrogens with zero attached hydrogens (tertiary/aromatic N) is 1. The predicted molar refractivity (Wildman–Crippen MR) is 71.9 cm³/mol. The van der Waals surface area contributed by atoms with Crippen LogP contribution >= 0.6 is 0 Å². The summed E-state index contributed by atoms with van der Waals surface area (Å²) in [6, 6.07) is 7.25. The van der Waals surface area contributed by atoms with E-state index in [9.17, 15) is 4.79 Å². The molecule has 18 heavy (non-hydrogen) atoms. The lowest BCUT2D eigenvalue weighted by atomic mass is 10.1. The summed E-state index contributed by atoms with van der Waals surface area (Å²) in [7, 11) is 1.60. The molecular weight excluding hydrogens is 226 g/mol. The Labute approximate surface area is 108 Å². The Morgan fingerprint density at radius 3 is 2.78 bits per heavy atom. The van der Waals surface area contributed by atoms with Crippen LogP contribution in [0.1, 0.15) is 29.6 Å². The molecule has 1 aliphatic rings. The Bertz CT molecular complexity index is 434. The topological polar surface area (TPSA) is 29.5 Å². The summed E-state index contributed by atoms with van der Waals surface area (Å²) in [5, 5.41) is 0. The van der Waals surface area contributed by atoms with Crippen LogP contribution in [0.15, 0.2) is 36.5 Å². The summed E-state index contributed by atoms with van der Waals surface area (Å²) >= 11 is 0. The molecule has 1 fully saturated rings. The number of ether oxygens (including phenoxy) is 1. The largest absolute Gasteiger partial charge is 0.497 e. The van der Waals surface area contributed by atoms with Crippen LogP contribution in [0.25, 0.3) is 0 Å². The van der Waals surface area contributed by atoms with Gasteiger partial charge < -0.3 is 9.64 Å². The van der Waals surface area contributed by atoms with Gasteiger partial charge in [0, 0.05) is 30.9 Å². The maximum atomic E-state index is 12.0. The summed E-state index contributed by atoms with van der Waals surface area (Å²) in [5.74, 6) is 0.742. The van der Waals surface area contributed by atoms with E-state index in [4.69, 9.17) is 4.74 Å². The first kappa shape index (κ1) is 12.7. The van der Waals surface area contributed by atoms with Crippen molar-refractivity contribution in [1.82, 2.24) is 4.90 Å². The summed E-state index contributed by atoms with van der Waals surface area (Å²) in [6.45, 7) is 2.11. The Hall–Kier alpha value is -1.77. The third-order valence-corrected chi connectivity index (χ3v) is 3.18. The van der Waals surface area contributed by atoms with Crippen molar-refractivity contribution in [2.24, 2.45) is 0 Å².